The number of rotatable bonds is 3. The molecule has 0 fully saturated rings. The molecule has 0 amide bonds. The fourth-order valence-corrected chi connectivity index (χ4v) is 1.40. The van der Waals surface area contributed by atoms with Gasteiger partial charge in [0, 0.05) is 18.3 Å². The number of nitrogens with two attached hydrogens (primary N) is 1. The highest BCUT2D eigenvalue weighted by Gasteiger charge is 2.05. The van der Waals surface area contributed by atoms with Gasteiger partial charge in [-0.15, -0.1) is 0 Å². The molecule has 0 saturated heterocycles. The second-order valence-corrected chi connectivity index (χ2v) is 3.86. The van der Waals surface area contributed by atoms with E-state index in [1.165, 1.54) is 18.3 Å². The minimum Gasteiger partial charge on any atom is -0.457 e. The van der Waals surface area contributed by atoms with E-state index in [0.29, 0.717) is 11.4 Å². The molecule has 92 valence electrons. The minimum atomic E-state index is -0.976. The van der Waals surface area contributed by atoms with E-state index in [-0.39, 0.29) is 10.7 Å². The maximum atomic E-state index is 13.0. The number of aromatic nitrogens is 1. The molecule has 0 unspecified atom stereocenters. The van der Waals surface area contributed by atoms with E-state index in [2.05, 4.69) is 4.98 Å². The van der Waals surface area contributed by atoms with Gasteiger partial charge in [0.2, 0.25) is 0 Å². The summed E-state index contributed by atoms with van der Waals surface area (Å²) >= 11 is 4.77. The van der Waals surface area contributed by atoms with Crippen molar-refractivity contribution < 1.29 is 13.5 Å². The van der Waals surface area contributed by atoms with E-state index in [4.69, 9.17) is 22.7 Å². The fourth-order valence-electron chi connectivity index (χ4n) is 1.29. The molecule has 0 radical (unpaired) electrons. The van der Waals surface area contributed by atoms with Crippen LogP contribution in [-0.4, -0.2) is 9.97 Å². The van der Waals surface area contributed by atoms with Gasteiger partial charge in [0.25, 0.3) is 0 Å². The summed E-state index contributed by atoms with van der Waals surface area (Å²) in [7, 11) is 0. The van der Waals surface area contributed by atoms with Gasteiger partial charge in [-0.2, -0.15) is 0 Å². The van der Waals surface area contributed by atoms with Crippen LogP contribution in [-0.2, 0) is 0 Å². The number of nitrogens with zero attached hydrogens (tertiary/aromatic N) is 1. The van der Waals surface area contributed by atoms with Crippen molar-refractivity contribution in [2.45, 2.75) is 0 Å². The van der Waals surface area contributed by atoms with E-state index in [1.54, 1.807) is 6.07 Å². The van der Waals surface area contributed by atoms with Gasteiger partial charge >= 0.3 is 0 Å². The summed E-state index contributed by atoms with van der Waals surface area (Å²) in [6.45, 7) is 0. The number of hydrogen-bond acceptors (Lipinski definition) is 3. The zero-order valence-electron chi connectivity index (χ0n) is 9.06. The molecule has 0 bridgehead atoms. The summed E-state index contributed by atoms with van der Waals surface area (Å²) in [6, 6.07) is 6.34. The number of thiocarbonyl (C=S) groups is 1. The molecule has 2 N–H and O–H groups in total. The van der Waals surface area contributed by atoms with Crippen LogP contribution in [0.3, 0.4) is 0 Å². The highest BCUT2D eigenvalue weighted by atomic mass is 32.1. The van der Waals surface area contributed by atoms with Crippen LogP contribution in [0.2, 0.25) is 0 Å². The molecule has 0 aliphatic rings. The van der Waals surface area contributed by atoms with E-state index in [0.717, 1.165) is 12.1 Å². The lowest BCUT2D eigenvalue weighted by Gasteiger charge is -2.06. The van der Waals surface area contributed by atoms with E-state index in [1.807, 2.05) is 0 Å². The first-order chi connectivity index (χ1) is 8.56. The predicted molar refractivity (Wildman–Crippen MR) is 66.6 cm³/mol. The molecule has 0 aliphatic heterocycles. The van der Waals surface area contributed by atoms with Gasteiger partial charge in [0.1, 0.15) is 22.2 Å². The lowest BCUT2D eigenvalue weighted by molar-refractivity contribution is 0.461. The highest BCUT2D eigenvalue weighted by Crippen LogP contribution is 2.23. The Morgan fingerprint density at radius 3 is 2.50 bits per heavy atom. The molecule has 18 heavy (non-hydrogen) atoms. The monoisotopic (exact) mass is 266 g/mol. The molecule has 1 aromatic heterocycles. The Morgan fingerprint density at radius 2 is 1.83 bits per heavy atom. The van der Waals surface area contributed by atoms with Crippen LogP contribution in [0.1, 0.15) is 5.69 Å². The van der Waals surface area contributed by atoms with Crippen molar-refractivity contribution in [3.8, 4) is 11.5 Å². The second kappa shape index (κ2) is 5.05. The molecule has 2 rings (SSSR count). The third kappa shape index (κ3) is 2.78. The van der Waals surface area contributed by atoms with Gasteiger partial charge in [-0.05, 0) is 18.2 Å². The Bertz CT molecular complexity index is 604. The average Bonchev–Trinajstić information content (AvgIpc) is 2.34. The van der Waals surface area contributed by atoms with Crippen molar-refractivity contribution in [1.82, 2.24) is 4.98 Å². The van der Waals surface area contributed by atoms with Crippen molar-refractivity contribution in [2.75, 3.05) is 0 Å². The summed E-state index contributed by atoms with van der Waals surface area (Å²) in [6.07, 6.45) is 1.46. The number of ether oxygens (including phenoxy) is 1. The first-order valence-electron chi connectivity index (χ1n) is 4.95. The van der Waals surface area contributed by atoms with E-state index >= 15 is 0 Å². The number of benzene rings is 1. The highest BCUT2D eigenvalue weighted by molar-refractivity contribution is 7.80. The second-order valence-electron chi connectivity index (χ2n) is 3.42. The first kappa shape index (κ1) is 12.4. The maximum absolute atomic E-state index is 13.0. The Balaban J connectivity index is 2.25. The fraction of sp³-hybridized carbons (Fsp3) is 0. The largest absolute Gasteiger partial charge is 0.457 e. The van der Waals surface area contributed by atoms with Gasteiger partial charge in [0.15, 0.2) is 11.6 Å². The molecular formula is C12H8F2N2OS. The molecule has 1 heterocycles. The third-order valence-electron chi connectivity index (χ3n) is 2.11. The maximum Gasteiger partial charge on any atom is 0.162 e. The first-order valence-corrected chi connectivity index (χ1v) is 5.36. The van der Waals surface area contributed by atoms with E-state index < -0.39 is 11.6 Å². The number of pyridine rings is 1. The van der Waals surface area contributed by atoms with Crippen molar-refractivity contribution in [3.05, 3.63) is 53.9 Å². The van der Waals surface area contributed by atoms with Crippen molar-refractivity contribution >= 4 is 17.2 Å². The Labute approximate surface area is 107 Å². The molecule has 1 aromatic carbocycles. The average molecular weight is 266 g/mol. The topological polar surface area (TPSA) is 48.1 Å². The van der Waals surface area contributed by atoms with E-state index in [9.17, 15) is 8.78 Å². The molecule has 0 atom stereocenters. The molecular weight excluding hydrogens is 258 g/mol. The smallest absolute Gasteiger partial charge is 0.162 e. The van der Waals surface area contributed by atoms with Crippen LogP contribution in [0.5, 0.6) is 11.5 Å². The van der Waals surface area contributed by atoms with Crippen LogP contribution >= 0.6 is 12.2 Å². The van der Waals surface area contributed by atoms with Crippen LogP contribution in [0.25, 0.3) is 0 Å². The van der Waals surface area contributed by atoms with Gasteiger partial charge in [0.05, 0.1) is 0 Å². The Hall–Kier alpha value is -2.08. The predicted octanol–water partition coefficient (Wildman–Crippen LogP) is 2.79. The lowest BCUT2D eigenvalue weighted by Crippen LogP contribution is -2.11. The molecule has 0 saturated carbocycles. The minimum absolute atomic E-state index is 0.130. The van der Waals surface area contributed by atoms with Crippen molar-refractivity contribution in [2.24, 2.45) is 5.73 Å². The molecule has 3 nitrogen and oxygen atoms in total. The number of halogens is 2. The van der Waals surface area contributed by atoms with Gasteiger partial charge in [-0.25, -0.2) is 8.78 Å². The number of hydrogen-bond donors (Lipinski definition) is 1. The van der Waals surface area contributed by atoms with Crippen LogP contribution in [0, 0.1) is 11.6 Å². The molecule has 0 spiro atoms. The SMILES string of the molecule is NC(=S)c1cc(Oc2ccc(F)c(F)c2)ccn1. The van der Waals surface area contributed by atoms with Gasteiger partial charge < -0.3 is 10.5 Å². The Kier molecular flexibility index (Phi) is 3.47. The van der Waals surface area contributed by atoms with Crippen molar-refractivity contribution in [1.29, 1.82) is 0 Å². The van der Waals surface area contributed by atoms with Gasteiger partial charge in [-0.3, -0.25) is 4.98 Å². The summed E-state index contributed by atoms with van der Waals surface area (Å²) in [5, 5.41) is 0. The normalized spacial score (nSPS) is 10.1. The summed E-state index contributed by atoms with van der Waals surface area (Å²) < 4.78 is 31.1. The summed E-state index contributed by atoms with van der Waals surface area (Å²) in [4.78, 5) is 4.06. The zero-order valence-corrected chi connectivity index (χ0v) is 9.88. The molecule has 2 aromatic rings. The zero-order chi connectivity index (χ0) is 13.1. The lowest BCUT2D eigenvalue weighted by atomic mass is 10.3. The molecule has 0 aliphatic carbocycles. The molecule has 6 heteroatoms. The Morgan fingerprint density at radius 1 is 1.11 bits per heavy atom. The quantitative estimate of drug-likeness (QED) is 0.868. The third-order valence-corrected chi connectivity index (χ3v) is 2.32. The standard InChI is InChI=1S/C12H8F2N2OS/c13-9-2-1-7(5-10(9)14)17-8-3-4-16-11(6-8)12(15)18/h1-6H,(H2,15,18). The summed E-state index contributed by atoms with van der Waals surface area (Å²) in [5.41, 5.74) is 5.82. The van der Waals surface area contributed by atoms with Crippen LogP contribution in [0.4, 0.5) is 8.78 Å². The van der Waals surface area contributed by atoms with Crippen LogP contribution in [0.15, 0.2) is 36.5 Å². The summed E-state index contributed by atoms with van der Waals surface area (Å²) in [5.74, 6) is -1.34. The van der Waals surface area contributed by atoms with Crippen LogP contribution < -0.4 is 10.5 Å². The van der Waals surface area contributed by atoms with Crippen molar-refractivity contribution in [3.63, 3.8) is 0 Å². The van der Waals surface area contributed by atoms with Gasteiger partial charge in [-0.1, -0.05) is 12.2 Å².